The summed E-state index contributed by atoms with van der Waals surface area (Å²) in [7, 11) is 0. The summed E-state index contributed by atoms with van der Waals surface area (Å²) >= 11 is 0. The van der Waals surface area contributed by atoms with Crippen LogP contribution >= 0.6 is 0 Å². The minimum Gasteiger partial charge on any atom is -0.0616 e. The molecule has 0 radical (unpaired) electrons. The van der Waals surface area contributed by atoms with Gasteiger partial charge in [-0.2, -0.15) is 0 Å². The van der Waals surface area contributed by atoms with Gasteiger partial charge in [0.1, 0.15) is 0 Å². The molecule has 0 unspecified atom stereocenters. The zero-order valence-electron chi connectivity index (χ0n) is 11.7. The lowest BCUT2D eigenvalue weighted by Gasteiger charge is -2.26. The van der Waals surface area contributed by atoms with Gasteiger partial charge >= 0.3 is 0 Å². The van der Waals surface area contributed by atoms with Crippen LogP contribution in [-0.4, -0.2) is 0 Å². The van der Waals surface area contributed by atoms with Crippen molar-refractivity contribution in [3.8, 4) is 0 Å². The van der Waals surface area contributed by atoms with Gasteiger partial charge in [0, 0.05) is 0 Å². The van der Waals surface area contributed by atoms with Crippen LogP contribution in [0.15, 0.2) is 24.3 Å². The Balaban J connectivity index is 2.44. The maximum Gasteiger partial charge on any atom is -0.0144 e. The van der Waals surface area contributed by atoms with E-state index in [4.69, 9.17) is 0 Å². The van der Waals surface area contributed by atoms with E-state index in [1.54, 1.807) is 16.7 Å². The molecule has 3 rings (SSSR count). The Morgan fingerprint density at radius 3 is 2.17 bits per heavy atom. The predicted octanol–water partition coefficient (Wildman–Crippen LogP) is 5.15. The van der Waals surface area contributed by atoms with Gasteiger partial charge in [0.05, 0.1) is 0 Å². The molecular formula is C18H22. The summed E-state index contributed by atoms with van der Waals surface area (Å²) in [6, 6.07) is 8.97. The van der Waals surface area contributed by atoms with Crippen LogP contribution in [0.3, 0.4) is 0 Å². The smallest absolute Gasteiger partial charge is 0.0144 e. The number of benzene rings is 2. The Hall–Kier alpha value is -1.30. The first-order chi connectivity index (χ1) is 8.70. The topological polar surface area (TPSA) is 0 Å². The van der Waals surface area contributed by atoms with Crippen molar-refractivity contribution in [2.45, 2.75) is 52.4 Å². The lowest BCUT2D eigenvalue weighted by Crippen LogP contribution is -2.10. The van der Waals surface area contributed by atoms with E-state index in [0.29, 0.717) is 5.92 Å². The molecule has 0 heterocycles. The molecule has 0 aromatic heterocycles. The molecular weight excluding hydrogens is 216 g/mol. The first-order valence-corrected chi connectivity index (χ1v) is 7.23. The number of rotatable bonds is 1. The highest BCUT2D eigenvalue weighted by atomic mass is 14.2. The molecule has 0 bridgehead atoms. The van der Waals surface area contributed by atoms with Crippen LogP contribution < -0.4 is 0 Å². The van der Waals surface area contributed by atoms with E-state index < -0.39 is 0 Å². The molecule has 0 nitrogen and oxygen atoms in total. The normalized spacial score (nSPS) is 15.1. The van der Waals surface area contributed by atoms with E-state index in [0.717, 1.165) is 0 Å². The fourth-order valence-electron chi connectivity index (χ4n) is 3.65. The monoisotopic (exact) mass is 238 g/mol. The summed E-state index contributed by atoms with van der Waals surface area (Å²) in [6.45, 7) is 6.99. The van der Waals surface area contributed by atoms with Gasteiger partial charge in [0.2, 0.25) is 0 Å². The highest BCUT2D eigenvalue weighted by Crippen LogP contribution is 2.38. The molecule has 18 heavy (non-hydrogen) atoms. The SMILES string of the molecule is Cc1c2c(c(C(C)C)c3ccccc13)CCCC2. The van der Waals surface area contributed by atoms with Gasteiger partial charge in [-0.15, -0.1) is 0 Å². The molecule has 1 aliphatic rings. The molecule has 0 saturated carbocycles. The Bertz CT molecular complexity index is 591. The standard InChI is InChI=1S/C18H22/c1-12(2)18-16-10-6-4-8-14(16)13(3)15-9-5-7-11-17(15)18/h4,6,8,10,12H,5,7,9,11H2,1-3H3. The first kappa shape index (κ1) is 11.8. The molecule has 0 heteroatoms. The largest absolute Gasteiger partial charge is 0.0616 e. The highest BCUT2D eigenvalue weighted by Gasteiger charge is 2.20. The van der Waals surface area contributed by atoms with E-state index in [-0.39, 0.29) is 0 Å². The van der Waals surface area contributed by atoms with Crippen LogP contribution in [0.5, 0.6) is 0 Å². The van der Waals surface area contributed by atoms with Gasteiger partial charge < -0.3 is 0 Å². The van der Waals surface area contributed by atoms with Crippen LogP contribution in [-0.2, 0) is 12.8 Å². The van der Waals surface area contributed by atoms with Crippen LogP contribution in [0.25, 0.3) is 10.8 Å². The number of fused-ring (bicyclic) bond motifs is 2. The van der Waals surface area contributed by atoms with E-state index in [1.807, 2.05) is 0 Å². The molecule has 0 spiro atoms. The Kier molecular flexibility index (Phi) is 2.89. The van der Waals surface area contributed by atoms with E-state index in [2.05, 4.69) is 45.0 Å². The van der Waals surface area contributed by atoms with Gasteiger partial charge in [-0.25, -0.2) is 0 Å². The predicted molar refractivity (Wildman–Crippen MR) is 79.4 cm³/mol. The average Bonchev–Trinajstić information content (AvgIpc) is 2.39. The van der Waals surface area contributed by atoms with Gasteiger partial charge in [-0.05, 0) is 71.6 Å². The lowest BCUT2D eigenvalue weighted by molar-refractivity contribution is 0.670. The zero-order chi connectivity index (χ0) is 12.7. The van der Waals surface area contributed by atoms with Gasteiger partial charge in [0.15, 0.2) is 0 Å². The van der Waals surface area contributed by atoms with Crippen LogP contribution in [0, 0.1) is 6.92 Å². The molecule has 0 amide bonds. The van der Waals surface area contributed by atoms with Crippen molar-refractivity contribution in [3.05, 3.63) is 46.5 Å². The van der Waals surface area contributed by atoms with Crippen molar-refractivity contribution in [2.75, 3.05) is 0 Å². The van der Waals surface area contributed by atoms with Gasteiger partial charge in [-0.1, -0.05) is 38.1 Å². The van der Waals surface area contributed by atoms with Crippen molar-refractivity contribution in [1.82, 2.24) is 0 Å². The van der Waals surface area contributed by atoms with Crippen molar-refractivity contribution in [2.24, 2.45) is 0 Å². The number of hydrogen-bond donors (Lipinski definition) is 0. The lowest BCUT2D eigenvalue weighted by atomic mass is 9.79. The zero-order valence-corrected chi connectivity index (χ0v) is 11.7. The molecule has 94 valence electrons. The van der Waals surface area contributed by atoms with E-state index >= 15 is 0 Å². The number of aryl methyl sites for hydroxylation is 1. The Labute approximate surface area is 110 Å². The third-order valence-electron chi connectivity index (χ3n) is 4.44. The maximum absolute atomic E-state index is 2.34. The summed E-state index contributed by atoms with van der Waals surface area (Å²) in [5, 5.41) is 2.97. The van der Waals surface area contributed by atoms with Crippen LogP contribution in [0.4, 0.5) is 0 Å². The Morgan fingerprint density at radius 1 is 0.889 bits per heavy atom. The molecule has 0 saturated heterocycles. The van der Waals surface area contributed by atoms with Gasteiger partial charge in [0.25, 0.3) is 0 Å². The molecule has 0 aliphatic heterocycles. The fraction of sp³-hybridized carbons (Fsp3) is 0.444. The molecule has 0 fully saturated rings. The van der Waals surface area contributed by atoms with Crippen LogP contribution in [0.1, 0.15) is 54.9 Å². The molecule has 0 N–H and O–H groups in total. The molecule has 2 aromatic rings. The van der Waals surface area contributed by atoms with Crippen LogP contribution in [0.2, 0.25) is 0 Å². The highest BCUT2D eigenvalue weighted by molar-refractivity contribution is 5.91. The van der Waals surface area contributed by atoms with Crippen molar-refractivity contribution < 1.29 is 0 Å². The van der Waals surface area contributed by atoms with E-state index in [1.165, 1.54) is 42.0 Å². The fourth-order valence-corrected chi connectivity index (χ4v) is 3.65. The first-order valence-electron chi connectivity index (χ1n) is 7.23. The second-order valence-corrected chi connectivity index (χ2v) is 5.90. The average molecular weight is 238 g/mol. The quantitative estimate of drug-likeness (QED) is 0.644. The second-order valence-electron chi connectivity index (χ2n) is 5.90. The summed E-state index contributed by atoms with van der Waals surface area (Å²) in [5.41, 5.74) is 6.48. The third kappa shape index (κ3) is 1.67. The maximum atomic E-state index is 2.34. The summed E-state index contributed by atoms with van der Waals surface area (Å²) < 4.78 is 0. The molecule has 2 aromatic carbocycles. The second kappa shape index (κ2) is 4.42. The minimum atomic E-state index is 0.627. The number of hydrogen-bond acceptors (Lipinski definition) is 0. The third-order valence-corrected chi connectivity index (χ3v) is 4.44. The Morgan fingerprint density at radius 2 is 1.50 bits per heavy atom. The van der Waals surface area contributed by atoms with Crippen molar-refractivity contribution >= 4 is 10.8 Å². The molecule has 1 aliphatic carbocycles. The minimum absolute atomic E-state index is 0.627. The van der Waals surface area contributed by atoms with E-state index in [9.17, 15) is 0 Å². The summed E-state index contributed by atoms with van der Waals surface area (Å²) in [4.78, 5) is 0. The van der Waals surface area contributed by atoms with Crippen molar-refractivity contribution in [3.63, 3.8) is 0 Å². The summed E-state index contributed by atoms with van der Waals surface area (Å²) in [5.74, 6) is 0.627. The molecule has 0 atom stereocenters. The van der Waals surface area contributed by atoms with Crippen molar-refractivity contribution in [1.29, 1.82) is 0 Å². The van der Waals surface area contributed by atoms with Gasteiger partial charge in [-0.3, -0.25) is 0 Å². The summed E-state index contributed by atoms with van der Waals surface area (Å²) in [6.07, 6.45) is 5.30.